The molecule has 0 spiro atoms. The Kier molecular flexibility index (Phi) is 2.54. The summed E-state index contributed by atoms with van der Waals surface area (Å²) in [6.07, 6.45) is 4.67. The summed E-state index contributed by atoms with van der Waals surface area (Å²) in [5.74, 6) is 0.315. The molecule has 0 aliphatic heterocycles. The van der Waals surface area contributed by atoms with Crippen LogP contribution in [0.15, 0.2) is 12.2 Å². The quantitative estimate of drug-likeness (QED) is 0.587. The van der Waals surface area contributed by atoms with E-state index in [2.05, 4.69) is 39.9 Å². The molecular formula is C11H20OSi. The molecule has 1 unspecified atom stereocenters. The molecule has 1 nitrogen and oxygen atoms in total. The molecule has 0 saturated carbocycles. The summed E-state index contributed by atoms with van der Waals surface area (Å²) in [6, 6.07) is 0. The van der Waals surface area contributed by atoms with Crippen molar-refractivity contribution in [3.8, 4) is 0 Å². The van der Waals surface area contributed by atoms with E-state index in [1.807, 2.05) is 0 Å². The zero-order valence-corrected chi connectivity index (χ0v) is 10.3. The standard InChI is InChI=1S/C11H20OSi/c1-11(2,3)13(4,5)10-7-6-9(12)8-10/h6-7,10H,8H2,1-5H3. The zero-order chi connectivity index (χ0) is 10.3. The van der Waals surface area contributed by atoms with Gasteiger partial charge in [-0.1, -0.05) is 39.9 Å². The van der Waals surface area contributed by atoms with Gasteiger partial charge in [-0.2, -0.15) is 0 Å². The average molecular weight is 196 g/mol. The molecule has 1 atom stereocenters. The maximum atomic E-state index is 11.2. The molecule has 74 valence electrons. The number of hydrogen-bond donors (Lipinski definition) is 0. The van der Waals surface area contributed by atoms with E-state index in [-0.39, 0.29) is 0 Å². The van der Waals surface area contributed by atoms with Gasteiger partial charge in [0.1, 0.15) is 0 Å². The van der Waals surface area contributed by atoms with Gasteiger partial charge in [-0.15, -0.1) is 0 Å². The van der Waals surface area contributed by atoms with Gasteiger partial charge in [-0.3, -0.25) is 4.79 Å². The summed E-state index contributed by atoms with van der Waals surface area (Å²) < 4.78 is 0. The minimum atomic E-state index is -1.32. The van der Waals surface area contributed by atoms with Crippen LogP contribution in [0.25, 0.3) is 0 Å². The lowest BCUT2D eigenvalue weighted by atomic mass is 10.2. The number of allylic oxidation sites excluding steroid dienone is 2. The number of carbonyl (C=O) groups is 1. The van der Waals surface area contributed by atoms with E-state index in [4.69, 9.17) is 0 Å². The first-order valence-electron chi connectivity index (χ1n) is 4.96. The van der Waals surface area contributed by atoms with Crippen LogP contribution in [0.2, 0.25) is 23.7 Å². The molecule has 0 N–H and O–H groups in total. The van der Waals surface area contributed by atoms with Crippen LogP contribution >= 0.6 is 0 Å². The zero-order valence-electron chi connectivity index (χ0n) is 9.35. The summed E-state index contributed by atoms with van der Waals surface area (Å²) in [7, 11) is -1.32. The maximum Gasteiger partial charge on any atom is 0.155 e. The van der Waals surface area contributed by atoms with Crippen LogP contribution in [0.5, 0.6) is 0 Å². The Labute approximate surface area is 82.2 Å². The predicted molar refractivity (Wildman–Crippen MR) is 59.7 cm³/mol. The molecule has 0 heterocycles. The Hall–Kier alpha value is -0.373. The predicted octanol–water partition coefficient (Wildman–Crippen LogP) is 3.39. The van der Waals surface area contributed by atoms with Crippen molar-refractivity contribution in [2.75, 3.05) is 0 Å². The second kappa shape index (κ2) is 3.09. The lowest BCUT2D eigenvalue weighted by Gasteiger charge is -2.41. The molecule has 2 heteroatoms. The number of carbonyl (C=O) groups excluding carboxylic acids is 1. The minimum absolute atomic E-state index is 0.315. The molecule has 0 amide bonds. The molecule has 1 rings (SSSR count). The summed E-state index contributed by atoms with van der Waals surface area (Å²) in [6.45, 7) is 11.7. The normalized spacial score (nSPS) is 24.1. The van der Waals surface area contributed by atoms with Gasteiger partial charge < -0.3 is 0 Å². The van der Waals surface area contributed by atoms with Crippen molar-refractivity contribution in [2.45, 2.75) is 50.9 Å². The van der Waals surface area contributed by atoms with Crippen molar-refractivity contribution in [1.82, 2.24) is 0 Å². The summed E-state index contributed by atoms with van der Waals surface area (Å²) in [4.78, 5) is 11.2. The highest BCUT2D eigenvalue weighted by atomic mass is 28.3. The van der Waals surface area contributed by atoms with Crippen LogP contribution in [0.1, 0.15) is 27.2 Å². The molecule has 1 aliphatic rings. The van der Waals surface area contributed by atoms with Gasteiger partial charge in [-0.25, -0.2) is 0 Å². The maximum absolute atomic E-state index is 11.2. The van der Waals surface area contributed by atoms with Gasteiger partial charge in [0.15, 0.2) is 5.78 Å². The lowest BCUT2D eigenvalue weighted by molar-refractivity contribution is -0.114. The molecule has 13 heavy (non-hydrogen) atoms. The average Bonchev–Trinajstić information content (AvgIpc) is 2.33. The van der Waals surface area contributed by atoms with Gasteiger partial charge in [0.05, 0.1) is 8.07 Å². The van der Waals surface area contributed by atoms with Crippen molar-refractivity contribution >= 4 is 13.9 Å². The fraction of sp³-hybridized carbons (Fsp3) is 0.727. The van der Waals surface area contributed by atoms with Crippen LogP contribution in [0.4, 0.5) is 0 Å². The van der Waals surface area contributed by atoms with Gasteiger partial charge in [0.2, 0.25) is 0 Å². The van der Waals surface area contributed by atoms with Crippen molar-refractivity contribution in [2.24, 2.45) is 0 Å². The van der Waals surface area contributed by atoms with Crippen LogP contribution in [-0.2, 0) is 4.79 Å². The second-order valence-corrected chi connectivity index (χ2v) is 11.3. The highest BCUT2D eigenvalue weighted by molar-refractivity contribution is 6.82. The van der Waals surface area contributed by atoms with Crippen LogP contribution in [0, 0.1) is 0 Å². The molecular weight excluding hydrogens is 176 g/mol. The van der Waals surface area contributed by atoms with Gasteiger partial charge in [0.25, 0.3) is 0 Å². The van der Waals surface area contributed by atoms with E-state index < -0.39 is 8.07 Å². The first kappa shape index (κ1) is 10.7. The first-order valence-corrected chi connectivity index (χ1v) is 8.04. The summed E-state index contributed by atoms with van der Waals surface area (Å²) in [5, 5.41) is 0.382. The number of ketones is 1. The van der Waals surface area contributed by atoms with Gasteiger partial charge >= 0.3 is 0 Å². The van der Waals surface area contributed by atoms with Crippen molar-refractivity contribution in [1.29, 1.82) is 0 Å². The molecule has 0 radical (unpaired) electrons. The number of hydrogen-bond acceptors (Lipinski definition) is 1. The molecule has 1 aliphatic carbocycles. The van der Waals surface area contributed by atoms with Crippen LogP contribution < -0.4 is 0 Å². The summed E-state index contributed by atoms with van der Waals surface area (Å²) >= 11 is 0. The van der Waals surface area contributed by atoms with E-state index in [9.17, 15) is 4.79 Å². The fourth-order valence-electron chi connectivity index (χ4n) is 1.63. The largest absolute Gasteiger partial charge is 0.295 e. The SMILES string of the molecule is CC(C)(C)[Si](C)(C)C1C=CC(=O)C1. The second-order valence-electron chi connectivity index (χ2n) is 5.61. The number of rotatable bonds is 1. The topological polar surface area (TPSA) is 17.1 Å². The monoisotopic (exact) mass is 196 g/mol. The Morgan fingerprint density at radius 3 is 2.23 bits per heavy atom. The summed E-state index contributed by atoms with van der Waals surface area (Å²) in [5.41, 5.74) is 0.556. The third-order valence-electron chi connectivity index (χ3n) is 3.80. The van der Waals surface area contributed by atoms with Crippen LogP contribution in [0.3, 0.4) is 0 Å². The molecule has 0 fully saturated rings. The third kappa shape index (κ3) is 1.93. The molecule has 0 aromatic heterocycles. The van der Waals surface area contributed by atoms with E-state index in [0.717, 1.165) is 6.42 Å². The highest BCUT2D eigenvalue weighted by Gasteiger charge is 2.42. The fourth-order valence-corrected chi connectivity index (χ4v) is 4.03. The van der Waals surface area contributed by atoms with Gasteiger partial charge in [0, 0.05) is 6.42 Å². The van der Waals surface area contributed by atoms with E-state index in [1.54, 1.807) is 6.08 Å². The van der Waals surface area contributed by atoms with Crippen molar-refractivity contribution < 1.29 is 4.79 Å². The Morgan fingerprint density at radius 1 is 1.38 bits per heavy atom. The Balaban J connectivity index is 2.83. The van der Waals surface area contributed by atoms with Crippen LogP contribution in [-0.4, -0.2) is 13.9 Å². The lowest BCUT2D eigenvalue weighted by Crippen LogP contribution is -2.41. The van der Waals surface area contributed by atoms with E-state index in [0.29, 0.717) is 16.4 Å². The Bertz CT molecular complexity index is 245. The molecule has 0 bridgehead atoms. The van der Waals surface area contributed by atoms with E-state index >= 15 is 0 Å². The molecule has 0 saturated heterocycles. The van der Waals surface area contributed by atoms with Crippen molar-refractivity contribution in [3.63, 3.8) is 0 Å². The highest BCUT2D eigenvalue weighted by Crippen LogP contribution is 2.46. The van der Waals surface area contributed by atoms with Crippen molar-refractivity contribution in [3.05, 3.63) is 12.2 Å². The van der Waals surface area contributed by atoms with Gasteiger partial charge in [-0.05, 0) is 16.7 Å². The van der Waals surface area contributed by atoms with E-state index in [1.165, 1.54) is 0 Å². The minimum Gasteiger partial charge on any atom is -0.295 e. The smallest absolute Gasteiger partial charge is 0.155 e. The molecule has 0 aromatic rings. The third-order valence-corrected chi connectivity index (χ3v) is 9.91. The molecule has 0 aromatic carbocycles. The Morgan fingerprint density at radius 2 is 1.92 bits per heavy atom. The first-order chi connectivity index (χ1) is 5.75.